The van der Waals surface area contributed by atoms with Crippen molar-refractivity contribution >= 4 is 16.3 Å². The molecule has 0 fully saturated rings. The normalized spacial score (nSPS) is 16.2. The molecular formula is C15H14O. The predicted molar refractivity (Wildman–Crippen MR) is 67.5 cm³/mol. The Morgan fingerprint density at radius 2 is 2.00 bits per heavy atom. The standard InChI is InChI=1S/C15H14O/c1-16-9-8-12-10-13-6-2-4-11-5-3-7-14(12)15(11)13/h2-8H,9-10H2,1H3/b12-8-. The Morgan fingerprint density at radius 1 is 1.19 bits per heavy atom. The van der Waals surface area contributed by atoms with Crippen LogP contribution >= 0.6 is 0 Å². The lowest BCUT2D eigenvalue weighted by atomic mass is 10.0. The van der Waals surface area contributed by atoms with Crippen LogP contribution in [0.3, 0.4) is 0 Å². The Morgan fingerprint density at radius 3 is 2.81 bits per heavy atom. The molecule has 0 bridgehead atoms. The molecule has 16 heavy (non-hydrogen) atoms. The first-order valence-electron chi connectivity index (χ1n) is 5.59. The number of hydrogen-bond donors (Lipinski definition) is 0. The number of rotatable bonds is 2. The number of methoxy groups -OCH3 is 1. The summed E-state index contributed by atoms with van der Waals surface area (Å²) in [5.41, 5.74) is 4.22. The molecule has 0 radical (unpaired) electrons. The Bertz CT molecular complexity index is 561. The highest BCUT2D eigenvalue weighted by Crippen LogP contribution is 2.37. The molecule has 0 aromatic heterocycles. The summed E-state index contributed by atoms with van der Waals surface area (Å²) in [6.45, 7) is 0.694. The third-order valence-corrected chi connectivity index (χ3v) is 3.21. The zero-order chi connectivity index (χ0) is 11.0. The van der Waals surface area contributed by atoms with E-state index in [-0.39, 0.29) is 0 Å². The summed E-state index contributed by atoms with van der Waals surface area (Å²) in [7, 11) is 1.74. The Kier molecular flexibility index (Phi) is 2.26. The summed E-state index contributed by atoms with van der Waals surface area (Å²) in [4.78, 5) is 0. The zero-order valence-corrected chi connectivity index (χ0v) is 9.36. The molecule has 0 unspecified atom stereocenters. The van der Waals surface area contributed by atoms with Crippen molar-refractivity contribution in [2.45, 2.75) is 6.42 Å². The van der Waals surface area contributed by atoms with Gasteiger partial charge in [-0.25, -0.2) is 0 Å². The second-order valence-electron chi connectivity index (χ2n) is 4.18. The van der Waals surface area contributed by atoms with Gasteiger partial charge in [0.2, 0.25) is 0 Å². The lowest BCUT2D eigenvalue weighted by Crippen LogP contribution is -1.86. The van der Waals surface area contributed by atoms with E-state index in [4.69, 9.17) is 4.74 Å². The second kappa shape index (κ2) is 3.76. The molecule has 0 atom stereocenters. The van der Waals surface area contributed by atoms with E-state index in [1.807, 2.05) is 0 Å². The summed E-state index contributed by atoms with van der Waals surface area (Å²) < 4.78 is 5.12. The largest absolute Gasteiger partial charge is 0.381 e. The van der Waals surface area contributed by atoms with Crippen molar-refractivity contribution in [1.82, 2.24) is 0 Å². The molecule has 0 spiro atoms. The van der Waals surface area contributed by atoms with Crippen LogP contribution in [0.15, 0.2) is 42.5 Å². The molecule has 0 saturated carbocycles. The first-order valence-corrected chi connectivity index (χ1v) is 5.59. The van der Waals surface area contributed by atoms with Crippen molar-refractivity contribution in [3.05, 3.63) is 53.6 Å². The Hall–Kier alpha value is -1.60. The van der Waals surface area contributed by atoms with Crippen LogP contribution in [-0.4, -0.2) is 13.7 Å². The van der Waals surface area contributed by atoms with Gasteiger partial charge in [-0.3, -0.25) is 0 Å². The molecule has 2 aromatic rings. The van der Waals surface area contributed by atoms with Gasteiger partial charge in [0, 0.05) is 7.11 Å². The fourth-order valence-electron chi connectivity index (χ4n) is 2.50. The Labute approximate surface area is 95.4 Å². The first kappa shape index (κ1) is 9.61. The second-order valence-corrected chi connectivity index (χ2v) is 4.18. The van der Waals surface area contributed by atoms with Crippen molar-refractivity contribution in [2.24, 2.45) is 0 Å². The maximum Gasteiger partial charge on any atom is 0.0649 e. The third-order valence-electron chi connectivity index (χ3n) is 3.21. The highest BCUT2D eigenvalue weighted by atomic mass is 16.5. The van der Waals surface area contributed by atoms with Crippen molar-refractivity contribution in [1.29, 1.82) is 0 Å². The summed E-state index contributed by atoms with van der Waals surface area (Å²) in [6.07, 6.45) is 3.23. The van der Waals surface area contributed by atoms with Crippen molar-refractivity contribution in [3.63, 3.8) is 0 Å². The van der Waals surface area contributed by atoms with Gasteiger partial charge in [-0.15, -0.1) is 0 Å². The average Bonchev–Trinajstić information content (AvgIpc) is 2.68. The van der Waals surface area contributed by atoms with Gasteiger partial charge < -0.3 is 4.74 Å². The van der Waals surface area contributed by atoms with E-state index in [1.54, 1.807) is 7.11 Å². The summed E-state index contributed by atoms with van der Waals surface area (Å²) in [5.74, 6) is 0. The van der Waals surface area contributed by atoms with Crippen molar-refractivity contribution < 1.29 is 4.74 Å². The minimum absolute atomic E-state index is 0.694. The molecule has 1 heteroatoms. The SMILES string of the molecule is COC/C=C1/Cc2cccc3cccc1c23. The van der Waals surface area contributed by atoms with E-state index in [2.05, 4.69) is 42.5 Å². The van der Waals surface area contributed by atoms with Crippen LogP contribution in [0.5, 0.6) is 0 Å². The molecule has 1 aliphatic rings. The minimum Gasteiger partial charge on any atom is -0.381 e. The predicted octanol–water partition coefficient (Wildman–Crippen LogP) is 3.43. The summed E-state index contributed by atoms with van der Waals surface area (Å²) in [5, 5.41) is 2.77. The molecule has 0 saturated heterocycles. The van der Waals surface area contributed by atoms with Crippen LogP contribution in [0.25, 0.3) is 16.3 Å². The first-order chi connectivity index (χ1) is 7.90. The number of ether oxygens (including phenoxy) is 1. The van der Waals surface area contributed by atoms with Gasteiger partial charge in [-0.05, 0) is 33.9 Å². The van der Waals surface area contributed by atoms with Crippen LogP contribution < -0.4 is 0 Å². The molecule has 0 aliphatic heterocycles. The molecule has 0 heterocycles. The third kappa shape index (κ3) is 1.36. The van der Waals surface area contributed by atoms with Gasteiger partial charge in [0.15, 0.2) is 0 Å². The number of benzene rings is 2. The van der Waals surface area contributed by atoms with Crippen molar-refractivity contribution in [2.75, 3.05) is 13.7 Å². The van der Waals surface area contributed by atoms with Crippen LogP contribution in [0.1, 0.15) is 11.1 Å². The van der Waals surface area contributed by atoms with Gasteiger partial charge in [-0.2, -0.15) is 0 Å². The van der Waals surface area contributed by atoms with E-state index >= 15 is 0 Å². The molecule has 1 aliphatic carbocycles. The molecular weight excluding hydrogens is 196 g/mol. The van der Waals surface area contributed by atoms with E-state index in [0.29, 0.717) is 6.61 Å². The van der Waals surface area contributed by atoms with Crippen LogP contribution in [0, 0.1) is 0 Å². The average molecular weight is 210 g/mol. The minimum atomic E-state index is 0.694. The zero-order valence-electron chi connectivity index (χ0n) is 9.36. The molecule has 0 N–H and O–H groups in total. The Balaban J connectivity index is 2.21. The monoisotopic (exact) mass is 210 g/mol. The summed E-state index contributed by atoms with van der Waals surface area (Å²) in [6, 6.07) is 13.1. The fourth-order valence-corrected chi connectivity index (χ4v) is 2.50. The highest BCUT2D eigenvalue weighted by Gasteiger charge is 2.17. The van der Waals surface area contributed by atoms with Gasteiger partial charge in [0.25, 0.3) is 0 Å². The van der Waals surface area contributed by atoms with E-state index < -0.39 is 0 Å². The van der Waals surface area contributed by atoms with Crippen molar-refractivity contribution in [3.8, 4) is 0 Å². The molecule has 3 rings (SSSR count). The summed E-state index contributed by atoms with van der Waals surface area (Å²) >= 11 is 0. The number of allylic oxidation sites excluding steroid dienone is 1. The lowest BCUT2D eigenvalue weighted by Gasteiger charge is -2.01. The number of hydrogen-bond acceptors (Lipinski definition) is 1. The van der Waals surface area contributed by atoms with Gasteiger partial charge in [0.1, 0.15) is 0 Å². The fraction of sp³-hybridized carbons (Fsp3) is 0.200. The molecule has 2 aromatic carbocycles. The smallest absolute Gasteiger partial charge is 0.0649 e. The van der Waals surface area contributed by atoms with Crippen LogP contribution in [-0.2, 0) is 11.2 Å². The van der Waals surface area contributed by atoms with Crippen LogP contribution in [0.4, 0.5) is 0 Å². The van der Waals surface area contributed by atoms with Gasteiger partial charge in [-0.1, -0.05) is 42.5 Å². The van der Waals surface area contributed by atoms with E-state index in [9.17, 15) is 0 Å². The molecule has 1 nitrogen and oxygen atoms in total. The maximum absolute atomic E-state index is 5.12. The molecule has 0 amide bonds. The maximum atomic E-state index is 5.12. The quantitative estimate of drug-likeness (QED) is 0.738. The van der Waals surface area contributed by atoms with Gasteiger partial charge in [0.05, 0.1) is 6.61 Å². The lowest BCUT2D eigenvalue weighted by molar-refractivity contribution is 0.234. The van der Waals surface area contributed by atoms with E-state index in [1.165, 1.54) is 27.5 Å². The van der Waals surface area contributed by atoms with Crippen LogP contribution in [0.2, 0.25) is 0 Å². The highest BCUT2D eigenvalue weighted by molar-refractivity contribution is 6.01. The molecule has 80 valence electrons. The van der Waals surface area contributed by atoms with Gasteiger partial charge >= 0.3 is 0 Å². The van der Waals surface area contributed by atoms with E-state index in [0.717, 1.165) is 6.42 Å². The topological polar surface area (TPSA) is 9.23 Å².